The average Bonchev–Trinajstić information content (AvgIpc) is 2.30. The van der Waals surface area contributed by atoms with E-state index < -0.39 is 29.0 Å². The fourth-order valence-corrected chi connectivity index (χ4v) is 1.42. The van der Waals surface area contributed by atoms with Crippen molar-refractivity contribution in [2.75, 3.05) is 0 Å². The molecule has 0 fully saturated rings. The van der Waals surface area contributed by atoms with E-state index in [9.17, 15) is 22.7 Å². The van der Waals surface area contributed by atoms with E-state index in [1.54, 1.807) is 0 Å². The molecule has 0 N–H and O–H groups in total. The van der Waals surface area contributed by atoms with Gasteiger partial charge < -0.3 is 0 Å². The molecule has 1 radical (unpaired) electrons. The zero-order chi connectivity index (χ0) is 12.6. The van der Waals surface area contributed by atoms with Gasteiger partial charge in [0.1, 0.15) is 0 Å². The van der Waals surface area contributed by atoms with Crippen molar-refractivity contribution in [3.8, 4) is 16.9 Å². The standard InChI is InChI=1S/C12H5F4O/c13-8-3-1-6(5-9(8)14)7-2-4-10(17)12(16)11(7)15/h1-5H. The quantitative estimate of drug-likeness (QED) is 0.671. The van der Waals surface area contributed by atoms with Gasteiger partial charge in [-0.2, -0.15) is 4.39 Å². The summed E-state index contributed by atoms with van der Waals surface area (Å²) in [6.07, 6.45) is 0. The van der Waals surface area contributed by atoms with Crippen LogP contribution in [0.25, 0.3) is 11.1 Å². The average molecular weight is 241 g/mol. The van der Waals surface area contributed by atoms with Crippen LogP contribution in [0.4, 0.5) is 17.6 Å². The largest absolute Gasteiger partial charge is 0.287 e. The summed E-state index contributed by atoms with van der Waals surface area (Å²) in [7, 11) is 0. The van der Waals surface area contributed by atoms with Crippen molar-refractivity contribution in [3.05, 3.63) is 53.6 Å². The summed E-state index contributed by atoms with van der Waals surface area (Å²) >= 11 is 0. The molecule has 0 aliphatic rings. The number of rotatable bonds is 1. The SMILES string of the molecule is [O]c1ccc(-c2ccc(F)c(F)c2)c(F)c1F. The molecular weight excluding hydrogens is 236 g/mol. The molecule has 17 heavy (non-hydrogen) atoms. The minimum absolute atomic E-state index is 0.0414. The van der Waals surface area contributed by atoms with Gasteiger partial charge in [0.2, 0.25) is 11.6 Å². The third-order valence-corrected chi connectivity index (χ3v) is 2.28. The molecule has 0 bridgehead atoms. The fraction of sp³-hybridized carbons (Fsp3) is 0. The molecule has 1 nitrogen and oxygen atoms in total. The van der Waals surface area contributed by atoms with Gasteiger partial charge >= 0.3 is 0 Å². The molecule has 87 valence electrons. The first-order chi connectivity index (χ1) is 8.00. The maximum Gasteiger partial charge on any atom is 0.217 e. The third kappa shape index (κ3) is 1.95. The molecule has 0 atom stereocenters. The Morgan fingerprint density at radius 1 is 0.765 bits per heavy atom. The molecule has 2 rings (SSSR count). The van der Waals surface area contributed by atoms with E-state index in [0.717, 1.165) is 30.3 Å². The summed E-state index contributed by atoms with van der Waals surface area (Å²) in [6, 6.07) is 4.48. The Kier molecular flexibility index (Phi) is 2.75. The van der Waals surface area contributed by atoms with E-state index in [1.165, 1.54) is 0 Å². The van der Waals surface area contributed by atoms with Crippen LogP contribution in [-0.2, 0) is 5.11 Å². The van der Waals surface area contributed by atoms with Crippen molar-refractivity contribution in [1.82, 2.24) is 0 Å². The Morgan fingerprint density at radius 2 is 1.47 bits per heavy atom. The molecule has 0 spiro atoms. The summed E-state index contributed by atoms with van der Waals surface area (Å²) < 4.78 is 52.0. The zero-order valence-corrected chi connectivity index (χ0v) is 8.31. The van der Waals surface area contributed by atoms with Gasteiger partial charge in [0.05, 0.1) is 0 Å². The van der Waals surface area contributed by atoms with Gasteiger partial charge in [0.15, 0.2) is 17.5 Å². The first-order valence-corrected chi connectivity index (χ1v) is 4.61. The molecule has 0 aliphatic heterocycles. The van der Waals surface area contributed by atoms with Crippen LogP contribution in [0.1, 0.15) is 0 Å². The highest BCUT2D eigenvalue weighted by molar-refractivity contribution is 5.65. The van der Waals surface area contributed by atoms with Crippen LogP contribution in [0.15, 0.2) is 30.3 Å². The minimum atomic E-state index is -1.53. The van der Waals surface area contributed by atoms with Crippen LogP contribution in [0, 0.1) is 23.3 Å². The Morgan fingerprint density at radius 3 is 2.12 bits per heavy atom. The molecule has 0 aromatic heterocycles. The predicted octanol–water partition coefficient (Wildman–Crippen LogP) is 4.05. The zero-order valence-electron chi connectivity index (χ0n) is 8.31. The number of hydrogen-bond donors (Lipinski definition) is 0. The summed E-state index contributed by atoms with van der Waals surface area (Å²) in [5, 5.41) is 10.8. The predicted molar refractivity (Wildman–Crippen MR) is 51.8 cm³/mol. The molecular formula is C12H5F4O. The Hall–Kier alpha value is -2.04. The second-order valence-electron chi connectivity index (χ2n) is 3.37. The van der Waals surface area contributed by atoms with Crippen molar-refractivity contribution in [3.63, 3.8) is 0 Å². The summed E-state index contributed by atoms with van der Waals surface area (Å²) in [5.74, 6) is -6.26. The first-order valence-electron chi connectivity index (χ1n) is 4.61. The molecule has 5 heteroatoms. The van der Waals surface area contributed by atoms with Crippen LogP contribution >= 0.6 is 0 Å². The highest BCUT2D eigenvalue weighted by Gasteiger charge is 2.16. The second kappa shape index (κ2) is 4.08. The summed E-state index contributed by atoms with van der Waals surface area (Å²) in [4.78, 5) is 0. The Bertz CT molecular complexity index is 581. The van der Waals surface area contributed by atoms with Crippen molar-refractivity contribution in [2.24, 2.45) is 0 Å². The Labute approximate surface area is 93.9 Å². The maximum atomic E-state index is 13.4. The van der Waals surface area contributed by atoms with Crippen LogP contribution in [0.3, 0.4) is 0 Å². The second-order valence-corrected chi connectivity index (χ2v) is 3.37. The number of hydrogen-bond acceptors (Lipinski definition) is 0. The summed E-state index contributed by atoms with van der Waals surface area (Å²) in [5.41, 5.74) is -0.332. The van der Waals surface area contributed by atoms with Gasteiger partial charge in [-0.15, -0.1) is 0 Å². The monoisotopic (exact) mass is 241 g/mol. The lowest BCUT2D eigenvalue weighted by molar-refractivity contribution is 0.320. The molecule has 0 unspecified atom stereocenters. The maximum absolute atomic E-state index is 13.4. The van der Waals surface area contributed by atoms with E-state index in [0.29, 0.717) is 0 Å². The fourth-order valence-electron chi connectivity index (χ4n) is 1.42. The van der Waals surface area contributed by atoms with Crippen molar-refractivity contribution in [2.45, 2.75) is 0 Å². The van der Waals surface area contributed by atoms with Gasteiger partial charge in [-0.3, -0.25) is 5.11 Å². The van der Waals surface area contributed by atoms with Gasteiger partial charge in [0, 0.05) is 5.56 Å². The van der Waals surface area contributed by atoms with Gasteiger partial charge in [-0.25, -0.2) is 13.2 Å². The molecule has 0 saturated carbocycles. The smallest absolute Gasteiger partial charge is 0.217 e. The lowest BCUT2D eigenvalue weighted by Crippen LogP contribution is -1.91. The van der Waals surface area contributed by atoms with Gasteiger partial charge in [-0.1, -0.05) is 6.07 Å². The molecule has 0 heterocycles. The van der Waals surface area contributed by atoms with Crippen molar-refractivity contribution in [1.29, 1.82) is 0 Å². The van der Waals surface area contributed by atoms with Crippen molar-refractivity contribution >= 4 is 0 Å². The van der Waals surface area contributed by atoms with E-state index >= 15 is 0 Å². The molecule has 2 aromatic rings. The topological polar surface area (TPSA) is 19.9 Å². The lowest BCUT2D eigenvalue weighted by atomic mass is 10.0. The van der Waals surface area contributed by atoms with Gasteiger partial charge in [0.25, 0.3) is 0 Å². The normalized spacial score (nSPS) is 10.6. The molecule has 0 amide bonds. The van der Waals surface area contributed by atoms with E-state index in [1.807, 2.05) is 0 Å². The number of halogens is 4. The molecule has 0 saturated heterocycles. The van der Waals surface area contributed by atoms with Gasteiger partial charge in [-0.05, 0) is 29.8 Å². The van der Waals surface area contributed by atoms with Crippen LogP contribution in [0.5, 0.6) is 5.75 Å². The van der Waals surface area contributed by atoms with Crippen molar-refractivity contribution < 1.29 is 22.7 Å². The van der Waals surface area contributed by atoms with E-state index in [4.69, 9.17) is 0 Å². The minimum Gasteiger partial charge on any atom is -0.287 e. The molecule has 2 aromatic carbocycles. The van der Waals surface area contributed by atoms with Crippen LogP contribution < -0.4 is 0 Å². The highest BCUT2D eigenvalue weighted by atomic mass is 19.2. The van der Waals surface area contributed by atoms with Crippen LogP contribution in [0.2, 0.25) is 0 Å². The molecule has 0 aliphatic carbocycles. The first kappa shape index (κ1) is 11.4. The lowest BCUT2D eigenvalue weighted by Gasteiger charge is -2.05. The van der Waals surface area contributed by atoms with E-state index in [2.05, 4.69) is 0 Å². The van der Waals surface area contributed by atoms with E-state index in [-0.39, 0.29) is 11.1 Å². The van der Waals surface area contributed by atoms with Crippen LogP contribution in [-0.4, -0.2) is 0 Å². The Balaban J connectivity index is 2.61. The summed E-state index contributed by atoms with van der Waals surface area (Å²) in [6.45, 7) is 0. The highest BCUT2D eigenvalue weighted by Crippen LogP contribution is 2.30. The number of benzene rings is 2. The third-order valence-electron chi connectivity index (χ3n) is 2.28.